The minimum absolute atomic E-state index is 0. The number of likely N-dealkylation sites (N-methyl/N-ethyl adjacent to an activating group) is 1. The van der Waals surface area contributed by atoms with Crippen LogP contribution in [0.15, 0.2) is 18.2 Å². The molecule has 1 amide bonds. The van der Waals surface area contributed by atoms with Gasteiger partial charge in [-0.3, -0.25) is 4.79 Å². The number of amides is 1. The predicted molar refractivity (Wildman–Crippen MR) is 95.6 cm³/mol. The summed E-state index contributed by atoms with van der Waals surface area (Å²) in [5.74, 6) is 1.77. The highest BCUT2D eigenvalue weighted by molar-refractivity contribution is 5.85. The molecule has 6 heteroatoms. The smallest absolute Gasteiger partial charge is 0.227 e. The highest BCUT2D eigenvalue weighted by atomic mass is 35.5. The molecule has 23 heavy (non-hydrogen) atoms. The Morgan fingerprint density at radius 2 is 1.74 bits per heavy atom. The molecule has 0 radical (unpaired) electrons. The Morgan fingerprint density at radius 3 is 2.17 bits per heavy atom. The zero-order chi connectivity index (χ0) is 16.7. The third-order valence-corrected chi connectivity index (χ3v) is 3.94. The molecule has 0 spiro atoms. The lowest BCUT2D eigenvalue weighted by molar-refractivity contribution is -0.129. The first-order valence-corrected chi connectivity index (χ1v) is 7.60. The van der Waals surface area contributed by atoms with Crippen molar-refractivity contribution in [3.63, 3.8) is 0 Å². The molecule has 0 aliphatic rings. The van der Waals surface area contributed by atoms with E-state index in [-0.39, 0.29) is 30.8 Å². The van der Waals surface area contributed by atoms with E-state index in [1.807, 2.05) is 18.2 Å². The van der Waals surface area contributed by atoms with Crippen molar-refractivity contribution in [2.45, 2.75) is 32.7 Å². The van der Waals surface area contributed by atoms with Crippen molar-refractivity contribution in [3.05, 3.63) is 23.8 Å². The maximum atomic E-state index is 12.4. The maximum Gasteiger partial charge on any atom is 0.227 e. The summed E-state index contributed by atoms with van der Waals surface area (Å²) in [6.07, 6.45) is 1.05. The molecule has 132 valence electrons. The van der Waals surface area contributed by atoms with Crippen LogP contribution in [0.2, 0.25) is 0 Å². The number of hydrogen-bond acceptors (Lipinski definition) is 4. The van der Waals surface area contributed by atoms with Gasteiger partial charge in [0.25, 0.3) is 0 Å². The maximum absolute atomic E-state index is 12.4. The van der Waals surface area contributed by atoms with E-state index < -0.39 is 0 Å². The first-order valence-electron chi connectivity index (χ1n) is 7.60. The molecule has 0 saturated carbocycles. The van der Waals surface area contributed by atoms with E-state index in [2.05, 4.69) is 13.8 Å². The lowest BCUT2D eigenvalue weighted by Gasteiger charge is -2.22. The first-order chi connectivity index (χ1) is 10.4. The van der Waals surface area contributed by atoms with Crippen LogP contribution in [0.25, 0.3) is 0 Å². The van der Waals surface area contributed by atoms with Crippen LogP contribution in [0.1, 0.15) is 25.8 Å². The Balaban J connectivity index is 0.00000484. The molecule has 1 atom stereocenters. The molecular weight excluding hydrogens is 316 g/mol. The van der Waals surface area contributed by atoms with Crippen LogP contribution in [0.3, 0.4) is 0 Å². The van der Waals surface area contributed by atoms with E-state index in [1.165, 1.54) is 0 Å². The largest absolute Gasteiger partial charge is 0.496 e. The normalized spacial score (nSPS) is 11.6. The van der Waals surface area contributed by atoms with E-state index in [4.69, 9.17) is 15.2 Å². The molecule has 0 bridgehead atoms. The Morgan fingerprint density at radius 1 is 1.22 bits per heavy atom. The summed E-state index contributed by atoms with van der Waals surface area (Å²) in [4.78, 5) is 14.1. The molecule has 1 unspecified atom stereocenters. The molecule has 2 N–H and O–H groups in total. The SMILES string of the molecule is COc1cccc(OC)c1CC(=O)N(C)CCC(N)C(C)C.Cl. The summed E-state index contributed by atoms with van der Waals surface area (Å²) >= 11 is 0. The van der Waals surface area contributed by atoms with Crippen molar-refractivity contribution in [1.82, 2.24) is 4.90 Å². The number of benzene rings is 1. The first kappa shape index (κ1) is 21.5. The number of carbonyl (C=O) groups excluding carboxylic acids is 1. The Kier molecular flexibility index (Phi) is 9.68. The molecule has 0 fully saturated rings. The molecule has 1 rings (SSSR count). The molecule has 5 nitrogen and oxygen atoms in total. The zero-order valence-electron chi connectivity index (χ0n) is 14.7. The third-order valence-electron chi connectivity index (χ3n) is 3.94. The average Bonchev–Trinajstić information content (AvgIpc) is 2.51. The van der Waals surface area contributed by atoms with Gasteiger partial charge in [-0.25, -0.2) is 0 Å². The second-order valence-corrected chi connectivity index (χ2v) is 5.83. The Labute approximate surface area is 145 Å². The van der Waals surface area contributed by atoms with Gasteiger partial charge in [0.1, 0.15) is 11.5 Å². The predicted octanol–water partition coefficient (Wildman–Crippen LogP) is 2.50. The van der Waals surface area contributed by atoms with Gasteiger partial charge >= 0.3 is 0 Å². The van der Waals surface area contributed by atoms with E-state index in [0.29, 0.717) is 24.0 Å². The number of methoxy groups -OCH3 is 2. The van der Waals surface area contributed by atoms with Crippen LogP contribution in [0, 0.1) is 5.92 Å². The summed E-state index contributed by atoms with van der Waals surface area (Å²) < 4.78 is 10.7. The second-order valence-electron chi connectivity index (χ2n) is 5.83. The zero-order valence-corrected chi connectivity index (χ0v) is 15.5. The van der Waals surface area contributed by atoms with Crippen LogP contribution in [0.4, 0.5) is 0 Å². The molecular formula is C17H29ClN2O3. The highest BCUT2D eigenvalue weighted by Crippen LogP contribution is 2.29. The minimum atomic E-state index is 0. The quantitative estimate of drug-likeness (QED) is 0.787. The van der Waals surface area contributed by atoms with Gasteiger partial charge in [0.2, 0.25) is 5.91 Å². The fourth-order valence-corrected chi connectivity index (χ4v) is 2.19. The van der Waals surface area contributed by atoms with E-state index in [1.54, 1.807) is 26.2 Å². The molecule has 0 saturated heterocycles. The molecule has 0 aliphatic carbocycles. The van der Waals surface area contributed by atoms with Crippen LogP contribution >= 0.6 is 12.4 Å². The van der Waals surface area contributed by atoms with Gasteiger partial charge in [-0.05, 0) is 24.5 Å². The van der Waals surface area contributed by atoms with E-state index in [9.17, 15) is 4.79 Å². The monoisotopic (exact) mass is 344 g/mol. The van der Waals surface area contributed by atoms with Gasteiger partial charge in [0, 0.05) is 25.2 Å². The van der Waals surface area contributed by atoms with E-state index in [0.717, 1.165) is 12.0 Å². The Hall–Kier alpha value is -1.46. The highest BCUT2D eigenvalue weighted by Gasteiger charge is 2.18. The van der Waals surface area contributed by atoms with Crippen molar-refractivity contribution in [3.8, 4) is 11.5 Å². The van der Waals surface area contributed by atoms with Gasteiger partial charge in [0.15, 0.2) is 0 Å². The topological polar surface area (TPSA) is 64.8 Å². The third kappa shape index (κ3) is 6.28. The number of halogens is 1. The van der Waals surface area contributed by atoms with Crippen LogP contribution in [-0.2, 0) is 11.2 Å². The molecule has 1 aromatic rings. The summed E-state index contributed by atoms with van der Waals surface area (Å²) in [5.41, 5.74) is 6.81. The number of nitrogens with zero attached hydrogens (tertiary/aromatic N) is 1. The Bertz CT molecular complexity index is 472. The molecule has 0 aliphatic heterocycles. The van der Waals surface area contributed by atoms with Crippen molar-refractivity contribution < 1.29 is 14.3 Å². The summed E-state index contributed by atoms with van der Waals surface area (Å²) in [5, 5.41) is 0. The molecule has 0 aromatic heterocycles. The lowest BCUT2D eigenvalue weighted by Crippen LogP contribution is -2.35. The number of rotatable bonds is 8. The summed E-state index contributed by atoms with van der Waals surface area (Å²) in [7, 11) is 4.99. The average molecular weight is 345 g/mol. The van der Waals surface area contributed by atoms with Crippen LogP contribution in [-0.4, -0.2) is 44.7 Å². The number of carbonyl (C=O) groups is 1. The van der Waals surface area contributed by atoms with Crippen molar-refractivity contribution in [1.29, 1.82) is 0 Å². The van der Waals surface area contributed by atoms with Crippen LogP contribution < -0.4 is 15.2 Å². The van der Waals surface area contributed by atoms with Crippen molar-refractivity contribution in [2.75, 3.05) is 27.8 Å². The van der Waals surface area contributed by atoms with Crippen LogP contribution in [0.5, 0.6) is 11.5 Å². The minimum Gasteiger partial charge on any atom is -0.496 e. The van der Waals surface area contributed by atoms with E-state index >= 15 is 0 Å². The van der Waals surface area contributed by atoms with Gasteiger partial charge in [0.05, 0.1) is 20.6 Å². The van der Waals surface area contributed by atoms with Crippen molar-refractivity contribution >= 4 is 18.3 Å². The van der Waals surface area contributed by atoms with Crippen molar-refractivity contribution in [2.24, 2.45) is 11.7 Å². The second kappa shape index (κ2) is 10.3. The summed E-state index contributed by atoms with van der Waals surface area (Å²) in [6, 6.07) is 5.62. The van der Waals surface area contributed by atoms with Gasteiger partial charge in [-0.1, -0.05) is 19.9 Å². The fourth-order valence-electron chi connectivity index (χ4n) is 2.19. The molecule has 1 aromatic carbocycles. The molecule has 0 heterocycles. The number of ether oxygens (including phenoxy) is 2. The standard InChI is InChI=1S/C17H28N2O3.ClH/c1-12(2)14(18)9-10-19(3)17(20)11-13-15(21-4)7-6-8-16(13)22-5;/h6-8,12,14H,9-11,18H2,1-5H3;1H. The fraction of sp³-hybridized carbons (Fsp3) is 0.588. The van der Waals surface area contributed by atoms with Gasteiger partial charge in [-0.2, -0.15) is 0 Å². The number of hydrogen-bond donors (Lipinski definition) is 1. The van der Waals surface area contributed by atoms with Gasteiger partial charge in [-0.15, -0.1) is 12.4 Å². The lowest BCUT2D eigenvalue weighted by atomic mass is 10.0. The summed E-state index contributed by atoms with van der Waals surface area (Å²) in [6.45, 7) is 4.83. The number of nitrogens with two attached hydrogens (primary N) is 1. The van der Waals surface area contributed by atoms with Gasteiger partial charge < -0.3 is 20.1 Å².